The van der Waals surface area contributed by atoms with Crippen molar-refractivity contribution in [3.63, 3.8) is 0 Å². The Morgan fingerprint density at radius 2 is 2.11 bits per heavy atom. The average Bonchev–Trinajstić information content (AvgIpc) is 3.03. The smallest absolute Gasteiger partial charge is 0.299 e. The van der Waals surface area contributed by atoms with Crippen LogP contribution in [0.1, 0.15) is 18.4 Å². The van der Waals surface area contributed by atoms with Crippen molar-refractivity contribution < 1.29 is 8.42 Å². The van der Waals surface area contributed by atoms with Crippen LogP contribution in [-0.4, -0.2) is 19.4 Å². The molecule has 0 aliphatic heterocycles. The molecule has 1 fully saturated rings. The topological polar surface area (TPSA) is 84.2 Å². The Morgan fingerprint density at radius 1 is 1.44 bits per heavy atom. The first-order chi connectivity index (χ1) is 8.37. The van der Waals surface area contributed by atoms with E-state index in [2.05, 4.69) is 25.4 Å². The van der Waals surface area contributed by atoms with Crippen molar-refractivity contribution in [2.75, 3.05) is 4.72 Å². The van der Waals surface area contributed by atoms with Crippen LogP contribution < -0.4 is 15.2 Å². The lowest BCUT2D eigenvalue weighted by Gasteiger charge is -2.12. The molecule has 1 aromatic carbocycles. The molecule has 0 heterocycles. The van der Waals surface area contributed by atoms with Gasteiger partial charge in [0.05, 0.1) is 5.69 Å². The lowest BCUT2D eigenvalue weighted by Crippen LogP contribution is -2.32. The second kappa shape index (κ2) is 5.12. The van der Waals surface area contributed by atoms with Gasteiger partial charge < -0.3 is 5.73 Å². The van der Waals surface area contributed by atoms with Crippen LogP contribution in [0.5, 0.6) is 0 Å². The predicted molar refractivity (Wildman–Crippen MR) is 78.7 cm³/mol. The third kappa shape index (κ3) is 3.64. The van der Waals surface area contributed by atoms with E-state index in [4.69, 9.17) is 18.0 Å². The maximum atomic E-state index is 11.8. The van der Waals surface area contributed by atoms with Gasteiger partial charge in [0.15, 0.2) is 0 Å². The lowest BCUT2D eigenvalue weighted by atomic mass is 10.2. The minimum Gasteiger partial charge on any atom is -0.389 e. The second-order valence-electron chi connectivity index (χ2n) is 4.05. The normalized spacial score (nSPS) is 15.4. The summed E-state index contributed by atoms with van der Waals surface area (Å²) in [6.07, 6.45) is 1.76. The zero-order chi connectivity index (χ0) is 13.3. The van der Waals surface area contributed by atoms with Crippen LogP contribution in [0.15, 0.2) is 22.7 Å². The molecule has 0 saturated heterocycles. The Morgan fingerprint density at radius 3 is 2.67 bits per heavy atom. The molecule has 0 unspecified atom stereocenters. The zero-order valence-electron chi connectivity index (χ0n) is 9.31. The van der Waals surface area contributed by atoms with E-state index in [-0.39, 0.29) is 11.0 Å². The molecule has 2 rings (SSSR count). The largest absolute Gasteiger partial charge is 0.389 e. The molecule has 0 spiro atoms. The molecule has 1 aromatic rings. The van der Waals surface area contributed by atoms with Crippen LogP contribution >= 0.6 is 28.1 Å². The Kier molecular flexibility index (Phi) is 3.90. The molecule has 8 heteroatoms. The number of nitrogens with one attached hydrogen (secondary N) is 2. The summed E-state index contributed by atoms with van der Waals surface area (Å²) in [6.45, 7) is 0. The summed E-state index contributed by atoms with van der Waals surface area (Å²) < 4.78 is 29.3. The first kappa shape index (κ1) is 13.7. The highest BCUT2D eigenvalue weighted by molar-refractivity contribution is 9.10. The maximum Gasteiger partial charge on any atom is 0.299 e. The Hall–Kier alpha value is -0.700. The number of hydrogen-bond acceptors (Lipinski definition) is 3. The van der Waals surface area contributed by atoms with E-state index < -0.39 is 10.2 Å². The first-order valence-corrected chi connectivity index (χ1v) is 7.95. The number of benzene rings is 1. The van der Waals surface area contributed by atoms with Gasteiger partial charge in [0, 0.05) is 16.1 Å². The second-order valence-corrected chi connectivity index (χ2v) is 6.85. The molecule has 5 nitrogen and oxygen atoms in total. The number of anilines is 1. The summed E-state index contributed by atoms with van der Waals surface area (Å²) in [4.78, 5) is 0.139. The van der Waals surface area contributed by atoms with Crippen molar-refractivity contribution in [2.24, 2.45) is 5.73 Å². The molecule has 0 amide bonds. The Labute approximate surface area is 119 Å². The van der Waals surface area contributed by atoms with Gasteiger partial charge in [0.1, 0.15) is 4.99 Å². The molecule has 0 radical (unpaired) electrons. The van der Waals surface area contributed by atoms with E-state index in [0.717, 1.165) is 17.3 Å². The van der Waals surface area contributed by atoms with Crippen LogP contribution in [0.4, 0.5) is 5.69 Å². The van der Waals surface area contributed by atoms with Gasteiger partial charge in [0.2, 0.25) is 0 Å². The van der Waals surface area contributed by atoms with Crippen molar-refractivity contribution in [3.05, 3.63) is 28.2 Å². The van der Waals surface area contributed by atoms with Gasteiger partial charge in [0.25, 0.3) is 10.2 Å². The maximum absolute atomic E-state index is 11.8. The fraction of sp³-hybridized carbons (Fsp3) is 0.300. The average molecular weight is 350 g/mol. The van der Waals surface area contributed by atoms with Crippen molar-refractivity contribution in [2.45, 2.75) is 18.9 Å². The fourth-order valence-electron chi connectivity index (χ4n) is 1.40. The summed E-state index contributed by atoms with van der Waals surface area (Å²) in [7, 11) is -3.57. The third-order valence-electron chi connectivity index (χ3n) is 2.39. The number of halogens is 1. The van der Waals surface area contributed by atoms with Crippen LogP contribution in [0.2, 0.25) is 0 Å². The van der Waals surface area contributed by atoms with Crippen LogP contribution in [0, 0.1) is 0 Å². The van der Waals surface area contributed by atoms with E-state index in [1.165, 1.54) is 0 Å². The fourth-order valence-corrected chi connectivity index (χ4v) is 3.14. The molecular weight excluding hydrogens is 338 g/mol. The van der Waals surface area contributed by atoms with Crippen LogP contribution in [-0.2, 0) is 10.2 Å². The number of hydrogen-bond donors (Lipinski definition) is 3. The molecule has 4 N–H and O–H groups in total. The Bertz CT molecular complexity index is 585. The van der Waals surface area contributed by atoms with Gasteiger partial charge in [-0.3, -0.25) is 4.72 Å². The standard InChI is InChI=1S/C10H12BrN3O2S2/c11-6-1-4-9(8(5-6)10(12)17)14-18(15,16)13-7-2-3-7/h1,4-5,7,13-14H,2-3H2,(H2,12,17). The molecular formula is C10H12BrN3O2S2. The van der Waals surface area contributed by atoms with Crippen molar-refractivity contribution in [3.8, 4) is 0 Å². The van der Waals surface area contributed by atoms with E-state index >= 15 is 0 Å². The van der Waals surface area contributed by atoms with E-state index in [1.54, 1.807) is 18.2 Å². The lowest BCUT2D eigenvalue weighted by molar-refractivity contribution is 0.586. The quantitative estimate of drug-likeness (QED) is 0.703. The molecule has 0 atom stereocenters. The molecule has 18 heavy (non-hydrogen) atoms. The summed E-state index contributed by atoms with van der Waals surface area (Å²) in [6, 6.07) is 5.06. The Balaban J connectivity index is 2.25. The highest BCUT2D eigenvalue weighted by Gasteiger charge is 2.27. The van der Waals surface area contributed by atoms with Gasteiger partial charge in [-0.1, -0.05) is 28.1 Å². The SMILES string of the molecule is NC(=S)c1cc(Br)ccc1NS(=O)(=O)NC1CC1. The van der Waals surface area contributed by atoms with Gasteiger partial charge >= 0.3 is 0 Å². The molecule has 0 aromatic heterocycles. The summed E-state index contributed by atoms with van der Waals surface area (Å²) >= 11 is 8.19. The minimum absolute atomic E-state index is 0.0474. The van der Waals surface area contributed by atoms with Crippen molar-refractivity contribution in [1.82, 2.24) is 4.72 Å². The number of nitrogens with two attached hydrogens (primary N) is 1. The van der Waals surface area contributed by atoms with E-state index in [9.17, 15) is 8.42 Å². The molecule has 1 saturated carbocycles. The van der Waals surface area contributed by atoms with Crippen LogP contribution in [0.25, 0.3) is 0 Å². The third-order valence-corrected chi connectivity index (χ3v) is 4.24. The summed E-state index contributed by atoms with van der Waals surface area (Å²) in [5, 5.41) is 0. The monoisotopic (exact) mass is 349 g/mol. The van der Waals surface area contributed by atoms with Gasteiger partial charge in [-0.2, -0.15) is 13.1 Å². The van der Waals surface area contributed by atoms with Crippen LogP contribution in [0.3, 0.4) is 0 Å². The molecule has 98 valence electrons. The minimum atomic E-state index is -3.57. The van der Waals surface area contributed by atoms with Gasteiger partial charge in [-0.05, 0) is 31.0 Å². The number of rotatable bonds is 5. The van der Waals surface area contributed by atoms with E-state index in [0.29, 0.717) is 11.3 Å². The van der Waals surface area contributed by atoms with Gasteiger partial charge in [-0.15, -0.1) is 0 Å². The summed E-state index contributed by atoms with van der Waals surface area (Å²) in [5.74, 6) is 0. The molecule has 1 aliphatic rings. The van der Waals surface area contributed by atoms with Crippen molar-refractivity contribution in [1.29, 1.82) is 0 Å². The zero-order valence-corrected chi connectivity index (χ0v) is 12.5. The van der Waals surface area contributed by atoms with E-state index in [1.807, 2.05) is 0 Å². The highest BCUT2D eigenvalue weighted by Crippen LogP contribution is 2.23. The predicted octanol–water partition coefficient (Wildman–Crippen LogP) is 1.49. The summed E-state index contributed by atoms with van der Waals surface area (Å²) in [5.41, 5.74) is 6.43. The van der Waals surface area contributed by atoms with Crippen molar-refractivity contribution >= 4 is 49.0 Å². The number of thiocarbonyl (C=S) groups is 1. The highest BCUT2D eigenvalue weighted by atomic mass is 79.9. The first-order valence-electron chi connectivity index (χ1n) is 5.27. The molecule has 1 aliphatic carbocycles. The van der Waals surface area contributed by atoms with Gasteiger partial charge in [-0.25, -0.2) is 0 Å². The molecule has 0 bridgehead atoms.